The van der Waals surface area contributed by atoms with Crippen molar-refractivity contribution in [2.75, 3.05) is 11.1 Å². The number of aryl methyl sites for hydroxylation is 2. The minimum atomic E-state index is -0.563. The van der Waals surface area contributed by atoms with Crippen LogP contribution < -0.4 is 11.1 Å². The summed E-state index contributed by atoms with van der Waals surface area (Å²) in [5, 5.41) is 34.3. The molecule has 8 saturated carbocycles. The van der Waals surface area contributed by atoms with Crippen molar-refractivity contribution >= 4 is 34.8 Å². The number of carboxylic acid groups (broad SMARTS) is 1. The lowest BCUT2D eigenvalue weighted by Gasteiger charge is -2.61. The number of amides is 1. The average molecular weight is 961 g/mol. The first-order valence-corrected chi connectivity index (χ1v) is 27.2. The SMILES string of the molecule is C.C[C@@]1(O)CC[C@@]2(C)[C@H](CC[C@@H]3[C@@H]2CC[C@]2(C)[C@@H](C(=O)O)CC[C@@H]32)C1.Cc1nc2ccccn2c1N.Cc1nc2ccccn2c1NC(=O)[C@H]1CC[C@H]2[C@@H]3CC[C@@H]4C[C@](C)(O)CC[C@]4(C)[C@H]3CC[C@]12C. The van der Waals surface area contributed by atoms with Gasteiger partial charge in [-0.2, -0.15) is 0 Å². The number of carbonyl (C=O) groups excluding carboxylic acids is 1. The van der Waals surface area contributed by atoms with Crippen LogP contribution in [0.1, 0.15) is 176 Å². The van der Waals surface area contributed by atoms with Crippen LogP contribution in [0.2, 0.25) is 0 Å². The predicted octanol–water partition coefficient (Wildman–Crippen LogP) is 12.3. The molecule has 6 N–H and O–H groups in total. The quantitative estimate of drug-likeness (QED) is 0.135. The molecule has 8 aliphatic rings. The molecule has 70 heavy (non-hydrogen) atoms. The van der Waals surface area contributed by atoms with Gasteiger partial charge < -0.3 is 26.4 Å². The average Bonchev–Trinajstić information content (AvgIpc) is 4.03. The molecular weight excluding hydrogens is 873 g/mol. The summed E-state index contributed by atoms with van der Waals surface area (Å²) in [5.41, 5.74) is 9.18. The molecule has 4 aromatic rings. The van der Waals surface area contributed by atoms with Crippen molar-refractivity contribution < 1.29 is 24.9 Å². The van der Waals surface area contributed by atoms with Crippen LogP contribution in [0.3, 0.4) is 0 Å². The molecule has 0 bridgehead atoms. The third-order valence-electron chi connectivity index (χ3n) is 22.2. The number of hydrogen-bond donors (Lipinski definition) is 5. The maximum atomic E-state index is 13.7. The summed E-state index contributed by atoms with van der Waals surface area (Å²) in [4.78, 5) is 34.4. The third kappa shape index (κ3) is 8.40. The number of nitrogen functional groups attached to an aromatic ring is 1. The Hall–Kier alpha value is -3.96. The Morgan fingerprint density at radius 1 is 0.586 bits per heavy atom. The molecule has 384 valence electrons. The van der Waals surface area contributed by atoms with Crippen molar-refractivity contribution in [1.29, 1.82) is 0 Å². The first-order valence-electron chi connectivity index (χ1n) is 27.2. The number of aromatic nitrogens is 4. The fraction of sp³-hybridized carbons (Fsp3) is 0.729. The number of anilines is 2. The van der Waals surface area contributed by atoms with E-state index in [1.165, 1.54) is 44.9 Å². The summed E-state index contributed by atoms with van der Waals surface area (Å²) in [6.45, 7) is 17.7. The van der Waals surface area contributed by atoms with E-state index in [1.807, 2.05) is 85.3 Å². The van der Waals surface area contributed by atoms with E-state index >= 15 is 0 Å². The highest BCUT2D eigenvalue weighted by Gasteiger charge is 2.64. The standard InChI is InChI=1S/C29H41N3O2.C21H34O3.C8H9N3.CH4/c1-18-25(32-16-6-5-7-24(32)30-18)31-26(33)23-11-10-21-20-9-8-19-17-27(2,34)14-15-28(19,3)22(20)12-13-29(21,23)4;1-19(24)10-11-20(2)13(12-19)4-5-14-15-6-7-17(18(22)23)21(15,3)9-8-16(14)20;1-6-8(9)11-5-3-2-4-7(11)10-6;/h5-7,16,19-23,34H,8-15,17H2,1-4H3,(H,31,33);13-17,24H,4-12H2,1-3H3,(H,22,23);2-5H,9H2,1H3;1H4/t19-,20+,21+,22+,23-,27-,28+,29+;13-,14+,15+,16+,17-,19-,20+,21+;;/m11../s1. The molecule has 12 rings (SSSR count). The van der Waals surface area contributed by atoms with E-state index in [9.17, 15) is 24.9 Å². The number of nitrogens with zero attached hydrogens (tertiary/aromatic N) is 4. The molecule has 1 amide bonds. The van der Waals surface area contributed by atoms with Gasteiger partial charge in [0.25, 0.3) is 0 Å². The predicted molar refractivity (Wildman–Crippen MR) is 279 cm³/mol. The summed E-state index contributed by atoms with van der Waals surface area (Å²) in [6.07, 6.45) is 23.9. The van der Waals surface area contributed by atoms with Gasteiger partial charge in [0.1, 0.15) is 22.9 Å². The number of nitrogens with two attached hydrogens (primary N) is 1. The Bertz CT molecular complexity index is 2580. The minimum absolute atomic E-state index is 0. The minimum Gasteiger partial charge on any atom is -0.481 e. The normalized spacial score (nSPS) is 42.4. The Morgan fingerprint density at radius 2 is 1.04 bits per heavy atom. The molecule has 0 aliphatic heterocycles. The van der Waals surface area contributed by atoms with Gasteiger partial charge in [-0.1, -0.05) is 47.3 Å². The zero-order valence-electron chi connectivity index (χ0n) is 43.1. The first-order chi connectivity index (χ1) is 32.6. The Balaban J connectivity index is 0.000000146. The number of rotatable bonds is 3. The van der Waals surface area contributed by atoms with Crippen LogP contribution in [0, 0.1) is 94.7 Å². The number of aliphatic hydroxyl groups is 2. The number of nitrogens with one attached hydrogen (secondary N) is 1. The van der Waals surface area contributed by atoms with Crippen LogP contribution in [0.25, 0.3) is 11.3 Å². The number of hydrogen-bond acceptors (Lipinski definition) is 7. The lowest BCUT2D eigenvalue weighted by Crippen LogP contribution is -2.55. The molecule has 0 saturated heterocycles. The van der Waals surface area contributed by atoms with Crippen molar-refractivity contribution in [2.45, 2.75) is 190 Å². The van der Waals surface area contributed by atoms with E-state index in [1.54, 1.807) is 0 Å². The van der Waals surface area contributed by atoms with E-state index in [0.29, 0.717) is 34.5 Å². The maximum Gasteiger partial charge on any atom is 0.307 e. The topological polar surface area (TPSA) is 167 Å². The second-order valence-corrected chi connectivity index (χ2v) is 25.9. The monoisotopic (exact) mass is 961 g/mol. The molecule has 0 unspecified atom stereocenters. The van der Waals surface area contributed by atoms with Gasteiger partial charge in [-0.15, -0.1) is 0 Å². The van der Waals surface area contributed by atoms with Gasteiger partial charge in [0.15, 0.2) is 0 Å². The molecule has 8 fully saturated rings. The van der Waals surface area contributed by atoms with Crippen LogP contribution in [0.15, 0.2) is 48.8 Å². The molecule has 4 heterocycles. The summed E-state index contributed by atoms with van der Waals surface area (Å²) in [6, 6.07) is 11.8. The summed E-state index contributed by atoms with van der Waals surface area (Å²) in [5.74, 6) is 6.64. The van der Waals surface area contributed by atoms with Gasteiger partial charge in [0.2, 0.25) is 5.91 Å². The van der Waals surface area contributed by atoms with Crippen molar-refractivity contribution in [2.24, 2.45) is 80.8 Å². The largest absolute Gasteiger partial charge is 0.481 e. The molecular formula is C59H88N6O5. The van der Waals surface area contributed by atoms with E-state index in [2.05, 4.69) is 43.0 Å². The molecule has 0 aromatic carbocycles. The molecule has 11 heteroatoms. The first kappa shape index (κ1) is 51.0. The summed E-state index contributed by atoms with van der Waals surface area (Å²) in [7, 11) is 0. The molecule has 11 nitrogen and oxygen atoms in total. The van der Waals surface area contributed by atoms with Crippen molar-refractivity contribution in [3.8, 4) is 0 Å². The van der Waals surface area contributed by atoms with Crippen molar-refractivity contribution in [1.82, 2.24) is 18.8 Å². The number of carbonyl (C=O) groups is 2. The van der Waals surface area contributed by atoms with Gasteiger partial charge in [0.05, 0.1) is 28.5 Å². The third-order valence-corrected chi connectivity index (χ3v) is 22.2. The van der Waals surface area contributed by atoms with Gasteiger partial charge in [-0.25, -0.2) is 9.97 Å². The Morgan fingerprint density at radius 3 is 1.56 bits per heavy atom. The second kappa shape index (κ2) is 18.2. The number of aliphatic carboxylic acids is 1. The van der Waals surface area contributed by atoms with Crippen LogP contribution in [-0.2, 0) is 9.59 Å². The van der Waals surface area contributed by atoms with Gasteiger partial charge in [0, 0.05) is 18.3 Å². The Labute approximate surface area is 418 Å². The van der Waals surface area contributed by atoms with Crippen LogP contribution in [-0.4, -0.2) is 57.2 Å². The fourth-order valence-electron chi connectivity index (χ4n) is 18.3. The van der Waals surface area contributed by atoms with E-state index in [0.717, 1.165) is 129 Å². The van der Waals surface area contributed by atoms with Crippen molar-refractivity contribution in [3.05, 3.63) is 60.2 Å². The van der Waals surface area contributed by atoms with Crippen LogP contribution in [0.4, 0.5) is 11.6 Å². The highest BCUT2D eigenvalue weighted by Crippen LogP contribution is 2.70. The number of imidazole rings is 2. The fourth-order valence-corrected chi connectivity index (χ4v) is 18.3. The van der Waals surface area contributed by atoms with Gasteiger partial charge in [-0.3, -0.25) is 18.4 Å². The molecule has 16 atom stereocenters. The van der Waals surface area contributed by atoms with E-state index < -0.39 is 17.2 Å². The lowest BCUT2D eigenvalue weighted by atomic mass is 9.44. The zero-order chi connectivity index (χ0) is 49.1. The van der Waals surface area contributed by atoms with Crippen molar-refractivity contribution in [3.63, 3.8) is 0 Å². The lowest BCUT2D eigenvalue weighted by molar-refractivity contribution is -0.159. The smallest absolute Gasteiger partial charge is 0.307 e. The number of carboxylic acids is 1. The van der Waals surface area contributed by atoms with Crippen LogP contribution in [0.5, 0.6) is 0 Å². The van der Waals surface area contributed by atoms with Gasteiger partial charge >= 0.3 is 5.97 Å². The van der Waals surface area contributed by atoms with Crippen LogP contribution >= 0.6 is 0 Å². The highest BCUT2D eigenvalue weighted by molar-refractivity contribution is 5.93. The second-order valence-electron chi connectivity index (χ2n) is 25.9. The number of fused-ring (bicyclic) bond motifs is 12. The maximum absolute atomic E-state index is 13.7. The molecule has 8 aliphatic carbocycles. The Kier molecular flexibility index (Phi) is 13.3. The summed E-state index contributed by atoms with van der Waals surface area (Å²) >= 11 is 0. The highest BCUT2D eigenvalue weighted by atomic mass is 16.4. The molecule has 4 aromatic heterocycles. The molecule has 0 spiro atoms. The summed E-state index contributed by atoms with van der Waals surface area (Å²) < 4.78 is 3.87. The van der Waals surface area contributed by atoms with E-state index in [-0.39, 0.29) is 36.0 Å². The zero-order valence-corrected chi connectivity index (χ0v) is 43.1. The van der Waals surface area contributed by atoms with Gasteiger partial charge in [-0.05, 0) is 237 Å². The van der Waals surface area contributed by atoms with E-state index in [4.69, 9.17) is 5.73 Å². The molecule has 0 radical (unpaired) electrons. The number of pyridine rings is 2.